The van der Waals surface area contributed by atoms with E-state index in [-0.39, 0.29) is 12.0 Å². The lowest BCUT2D eigenvalue weighted by Crippen LogP contribution is -2.44. The lowest BCUT2D eigenvalue weighted by atomic mass is 10.0. The molecule has 196 valence electrons. The number of aromatic nitrogens is 1. The number of aromatic amines is 1. The third kappa shape index (κ3) is 6.28. The van der Waals surface area contributed by atoms with E-state index in [9.17, 15) is 18.8 Å². The maximum absolute atomic E-state index is 13.3. The second-order valence-corrected chi connectivity index (χ2v) is 8.32. The Balaban J connectivity index is 1.48. The summed E-state index contributed by atoms with van der Waals surface area (Å²) in [5.74, 6) is -1.60. The maximum atomic E-state index is 13.3. The number of amides is 2. The fourth-order valence-electron chi connectivity index (χ4n) is 3.89. The first-order valence-electron chi connectivity index (χ1n) is 11.7. The first-order chi connectivity index (χ1) is 18.4. The van der Waals surface area contributed by atoms with Gasteiger partial charge in [-0.2, -0.15) is 0 Å². The number of hydrogen-bond donors (Lipinski definition) is 3. The predicted octanol–water partition coefficient (Wildman–Crippen LogP) is 3.85. The van der Waals surface area contributed by atoms with E-state index in [0.29, 0.717) is 17.2 Å². The molecule has 1 aromatic heterocycles. The number of esters is 1. The van der Waals surface area contributed by atoms with Crippen LogP contribution in [0.4, 0.5) is 10.1 Å². The largest absolute Gasteiger partial charge is 0.497 e. The van der Waals surface area contributed by atoms with Crippen LogP contribution in [0.25, 0.3) is 10.9 Å². The molecule has 0 aliphatic rings. The zero-order valence-corrected chi connectivity index (χ0v) is 20.7. The fourth-order valence-corrected chi connectivity index (χ4v) is 3.89. The fraction of sp³-hybridized carbons (Fsp3) is 0.179. The molecule has 0 unspecified atom stereocenters. The monoisotopic (exact) mass is 519 g/mol. The van der Waals surface area contributed by atoms with E-state index in [1.165, 1.54) is 26.4 Å². The van der Waals surface area contributed by atoms with Crippen LogP contribution in [-0.2, 0) is 20.7 Å². The van der Waals surface area contributed by atoms with Crippen molar-refractivity contribution in [2.75, 3.05) is 26.1 Å². The second-order valence-electron chi connectivity index (χ2n) is 8.32. The molecule has 0 saturated heterocycles. The van der Waals surface area contributed by atoms with Crippen molar-refractivity contribution in [1.82, 2.24) is 10.3 Å². The van der Waals surface area contributed by atoms with Crippen molar-refractivity contribution in [1.29, 1.82) is 0 Å². The van der Waals surface area contributed by atoms with Gasteiger partial charge >= 0.3 is 5.97 Å². The summed E-state index contributed by atoms with van der Waals surface area (Å²) < 4.78 is 29.0. The van der Waals surface area contributed by atoms with Crippen molar-refractivity contribution in [2.45, 2.75) is 12.5 Å². The van der Waals surface area contributed by atoms with E-state index in [1.54, 1.807) is 24.4 Å². The van der Waals surface area contributed by atoms with Crippen molar-refractivity contribution in [3.05, 3.63) is 89.9 Å². The molecular weight excluding hydrogens is 493 g/mol. The Morgan fingerprint density at radius 3 is 2.47 bits per heavy atom. The Bertz CT molecular complexity index is 1450. The third-order valence-corrected chi connectivity index (χ3v) is 5.82. The van der Waals surface area contributed by atoms with Crippen LogP contribution >= 0.6 is 0 Å². The minimum absolute atomic E-state index is 0.0983. The first kappa shape index (κ1) is 26.2. The van der Waals surface area contributed by atoms with Crippen molar-refractivity contribution in [2.24, 2.45) is 0 Å². The lowest BCUT2D eigenvalue weighted by molar-refractivity contribution is -0.149. The zero-order valence-electron chi connectivity index (χ0n) is 20.7. The Morgan fingerprint density at radius 1 is 0.974 bits per heavy atom. The van der Waals surface area contributed by atoms with Gasteiger partial charge in [-0.15, -0.1) is 0 Å². The van der Waals surface area contributed by atoms with Gasteiger partial charge in [-0.3, -0.25) is 9.59 Å². The molecule has 0 spiro atoms. The molecule has 0 radical (unpaired) electrons. The van der Waals surface area contributed by atoms with Gasteiger partial charge < -0.3 is 29.8 Å². The number of para-hydroxylation sites is 1. The van der Waals surface area contributed by atoms with E-state index in [0.717, 1.165) is 28.6 Å². The minimum Gasteiger partial charge on any atom is -0.497 e. The molecule has 9 nitrogen and oxygen atoms in total. The normalized spacial score (nSPS) is 11.4. The molecule has 3 N–H and O–H groups in total. The van der Waals surface area contributed by atoms with Crippen LogP contribution < -0.4 is 20.1 Å². The molecule has 0 aliphatic carbocycles. The topological polar surface area (TPSA) is 119 Å². The molecular formula is C28H26FN3O6. The summed E-state index contributed by atoms with van der Waals surface area (Å²) in [4.78, 5) is 41.6. The quantitative estimate of drug-likeness (QED) is 0.274. The highest BCUT2D eigenvalue weighted by molar-refractivity contribution is 5.98. The Hall–Kier alpha value is -4.86. The van der Waals surface area contributed by atoms with Gasteiger partial charge in [0.25, 0.3) is 11.8 Å². The van der Waals surface area contributed by atoms with E-state index in [4.69, 9.17) is 14.2 Å². The Kier molecular flexibility index (Phi) is 8.22. The molecule has 1 atom stereocenters. The Morgan fingerprint density at radius 2 is 1.74 bits per heavy atom. The van der Waals surface area contributed by atoms with Crippen LogP contribution in [0.1, 0.15) is 15.9 Å². The van der Waals surface area contributed by atoms with Crippen molar-refractivity contribution in [3.8, 4) is 11.5 Å². The van der Waals surface area contributed by atoms with E-state index < -0.39 is 36.2 Å². The molecule has 1 heterocycles. The smallest absolute Gasteiger partial charge is 0.329 e. The molecule has 0 aliphatic heterocycles. The van der Waals surface area contributed by atoms with Gasteiger partial charge in [0.1, 0.15) is 23.4 Å². The summed E-state index contributed by atoms with van der Waals surface area (Å²) in [6.07, 6.45) is 1.85. The molecule has 10 heteroatoms. The number of hydrogen-bond acceptors (Lipinski definition) is 6. The first-order valence-corrected chi connectivity index (χ1v) is 11.7. The van der Waals surface area contributed by atoms with Crippen LogP contribution in [0, 0.1) is 5.82 Å². The van der Waals surface area contributed by atoms with E-state index in [1.807, 2.05) is 24.3 Å². The maximum Gasteiger partial charge on any atom is 0.329 e. The van der Waals surface area contributed by atoms with Gasteiger partial charge in [-0.05, 0) is 48.0 Å². The highest BCUT2D eigenvalue weighted by Gasteiger charge is 2.25. The van der Waals surface area contributed by atoms with Gasteiger partial charge in [-0.1, -0.05) is 18.2 Å². The average molecular weight is 520 g/mol. The number of carbonyl (C=O) groups is 3. The number of carbonyl (C=O) groups excluding carboxylic acids is 3. The van der Waals surface area contributed by atoms with Gasteiger partial charge in [0.15, 0.2) is 6.61 Å². The summed E-state index contributed by atoms with van der Waals surface area (Å²) in [7, 11) is 2.94. The summed E-state index contributed by atoms with van der Waals surface area (Å²) in [5, 5.41) is 6.15. The van der Waals surface area contributed by atoms with Crippen molar-refractivity contribution < 1.29 is 33.0 Å². The number of H-pyrrole nitrogens is 1. The SMILES string of the molecule is COc1ccc(OC)c(NC(=O)COC(=O)[C@H](Cc2c[nH]c3ccccc23)NC(=O)c2ccc(F)cc2)c1. The van der Waals surface area contributed by atoms with E-state index in [2.05, 4.69) is 15.6 Å². The number of ether oxygens (including phenoxy) is 3. The third-order valence-electron chi connectivity index (χ3n) is 5.82. The standard InChI is InChI=1S/C28H26FN3O6/c1-36-20-11-12-25(37-2)23(14-20)31-26(33)16-38-28(35)24(32-27(34)17-7-9-19(29)10-8-17)13-18-15-30-22-6-4-3-5-21(18)22/h3-12,14-15,24,30H,13,16H2,1-2H3,(H,31,33)(H,32,34)/t24-/m0/s1. The van der Waals surface area contributed by atoms with Crippen LogP contribution in [0.15, 0.2) is 72.9 Å². The van der Waals surface area contributed by atoms with Gasteiger partial charge in [0.2, 0.25) is 0 Å². The van der Waals surface area contributed by atoms with Crippen LogP contribution in [0.3, 0.4) is 0 Å². The number of anilines is 1. The molecule has 4 rings (SSSR count). The summed E-state index contributed by atoms with van der Waals surface area (Å²) in [6.45, 7) is -0.601. The number of rotatable bonds is 10. The number of fused-ring (bicyclic) bond motifs is 1. The second kappa shape index (κ2) is 11.9. The molecule has 0 fully saturated rings. The summed E-state index contributed by atoms with van der Waals surface area (Å²) in [6, 6.07) is 16.2. The van der Waals surface area contributed by atoms with Crippen LogP contribution in [0.5, 0.6) is 11.5 Å². The molecule has 0 bridgehead atoms. The number of methoxy groups -OCH3 is 2. The summed E-state index contributed by atoms with van der Waals surface area (Å²) in [5.41, 5.74) is 2.15. The number of nitrogens with one attached hydrogen (secondary N) is 3. The van der Waals surface area contributed by atoms with E-state index >= 15 is 0 Å². The zero-order chi connectivity index (χ0) is 27.1. The summed E-state index contributed by atoms with van der Waals surface area (Å²) >= 11 is 0. The lowest BCUT2D eigenvalue weighted by Gasteiger charge is -2.18. The van der Waals surface area contributed by atoms with Crippen molar-refractivity contribution in [3.63, 3.8) is 0 Å². The minimum atomic E-state index is -1.12. The van der Waals surface area contributed by atoms with Crippen molar-refractivity contribution >= 4 is 34.4 Å². The predicted molar refractivity (Wildman–Crippen MR) is 139 cm³/mol. The molecule has 2 amide bonds. The Labute approximate surface area is 217 Å². The highest BCUT2D eigenvalue weighted by Crippen LogP contribution is 2.28. The molecule has 4 aromatic rings. The molecule has 0 saturated carbocycles. The van der Waals surface area contributed by atoms with Gasteiger partial charge in [0, 0.05) is 35.2 Å². The molecule has 3 aromatic carbocycles. The van der Waals surface area contributed by atoms with Crippen LogP contribution in [-0.4, -0.2) is 49.6 Å². The number of halogens is 1. The average Bonchev–Trinajstić information content (AvgIpc) is 3.34. The van der Waals surface area contributed by atoms with Crippen LogP contribution in [0.2, 0.25) is 0 Å². The highest BCUT2D eigenvalue weighted by atomic mass is 19.1. The number of benzene rings is 3. The molecule has 38 heavy (non-hydrogen) atoms. The van der Waals surface area contributed by atoms with Gasteiger partial charge in [-0.25, -0.2) is 9.18 Å². The van der Waals surface area contributed by atoms with Gasteiger partial charge in [0.05, 0.1) is 19.9 Å².